The summed E-state index contributed by atoms with van der Waals surface area (Å²) in [5.41, 5.74) is 6.12. The summed E-state index contributed by atoms with van der Waals surface area (Å²) >= 11 is 0. The molecule has 0 bridgehead atoms. The molecule has 0 fully saturated rings. The average Bonchev–Trinajstić information content (AvgIpc) is 3.07. The Labute approximate surface area is 151 Å². The van der Waals surface area contributed by atoms with Crippen molar-refractivity contribution in [2.24, 2.45) is 0 Å². The number of nitrogens with one attached hydrogen (secondary N) is 1. The second kappa shape index (κ2) is 5.70. The molecule has 1 aromatic heterocycles. The van der Waals surface area contributed by atoms with Crippen molar-refractivity contribution in [3.63, 3.8) is 0 Å². The van der Waals surface area contributed by atoms with Gasteiger partial charge in [-0.15, -0.1) is 0 Å². The number of anilines is 1. The molecule has 1 aliphatic carbocycles. The molecule has 2 heterocycles. The fourth-order valence-electron chi connectivity index (χ4n) is 4.15. The molecular weight excluding hydrogens is 324 g/mol. The van der Waals surface area contributed by atoms with Crippen LogP contribution in [0.5, 0.6) is 5.75 Å². The monoisotopic (exact) mass is 342 g/mol. The highest BCUT2D eigenvalue weighted by Crippen LogP contribution is 2.48. The van der Waals surface area contributed by atoms with Crippen molar-refractivity contribution in [1.82, 2.24) is 4.98 Å². The van der Waals surface area contributed by atoms with E-state index < -0.39 is 0 Å². The molecule has 2 aromatic carbocycles. The Bertz CT molecular complexity index is 1070. The van der Waals surface area contributed by atoms with Crippen LogP contribution >= 0.6 is 0 Å². The average molecular weight is 342 g/mol. The van der Waals surface area contributed by atoms with Gasteiger partial charge in [-0.2, -0.15) is 0 Å². The number of carbonyl (C=O) groups is 1. The second-order valence-corrected chi connectivity index (χ2v) is 6.75. The maximum absolute atomic E-state index is 12.7. The summed E-state index contributed by atoms with van der Waals surface area (Å²) in [4.78, 5) is 17.4. The molecule has 1 unspecified atom stereocenters. The van der Waals surface area contributed by atoms with Crippen LogP contribution in [0.3, 0.4) is 0 Å². The van der Waals surface area contributed by atoms with Crippen molar-refractivity contribution in [2.75, 3.05) is 12.4 Å². The molecule has 128 valence electrons. The number of pyridine rings is 1. The molecule has 2 aliphatic rings. The standard InChI is InChI=1S/C22H18N2O2/c1-26-15-7-4-13(5-8-15)19-20-16(10-11-18(20)25)24-17-9-6-14-3-2-12-23-22(14)21(17)19/h2-9,12,19,24H,10-11H2,1H3. The third kappa shape index (κ3) is 2.15. The highest BCUT2D eigenvalue weighted by atomic mass is 16.5. The Morgan fingerprint density at radius 1 is 1.08 bits per heavy atom. The Kier molecular flexibility index (Phi) is 3.32. The van der Waals surface area contributed by atoms with E-state index in [1.165, 1.54) is 0 Å². The summed E-state index contributed by atoms with van der Waals surface area (Å²) in [6.07, 6.45) is 3.16. The number of ketones is 1. The molecule has 4 heteroatoms. The summed E-state index contributed by atoms with van der Waals surface area (Å²) in [6, 6.07) is 16.2. The smallest absolute Gasteiger partial charge is 0.161 e. The van der Waals surface area contributed by atoms with E-state index in [2.05, 4.69) is 40.6 Å². The lowest BCUT2D eigenvalue weighted by atomic mass is 9.79. The number of methoxy groups -OCH3 is 1. The Morgan fingerprint density at radius 2 is 1.92 bits per heavy atom. The first-order valence-electron chi connectivity index (χ1n) is 8.81. The van der Waals surface area contributed by atoms with Gasteiger partial charge in [0.25, 0.3) is 0 Å². The quantitative estimate of drug-likeness (QED) is 0.749. The SMILES string of the molecule is COc1ccc(C2C3=C(CCC3=O)Nc3ccc4cccnc4c32)cc1. The van der Waals surface area contributed by atoms with Gasteiger partial charge in [0.1, 0.15) is 5.75 Å². The third-order valence-corrected chi connectivity index (χ3v) is 5.35. The Morgan fingerprint density at radius 3 is 2.73 bits per heavy atom. The largest absolute Gasteiger partial charge is 0.497 e. The van der Waals surface area contributed by atoms with E-state index in [1.807, 2.05) is 24.4 Å². The highest BCUT2D eigenvalue weighted by molar-refractivity contribution is 6.04. The number of aromatic nitrogens is 1. The van der Waals surface area contributed by atoms with E-state index >= 15 is 0 Å². The van der Waals surface area contributed by atoms with Gasteiger partial charge in [-0.3, -0.25) is 9.78 Å². The van der Waals surface area contributed by atoms with Crippen molar-refractivity contribution in [1.29, 1.82) is 0 Å². The van der Waals surface area contributed by atoms with E-state index in [0.717, 1.165) is 51.2 Å². The number of ether oxygens (including phenoxy) is 1. The fraction of sp³-hybridized carbons (Fsp3) is 0.182. The van der Waals surface area contributed by atoms with Gasteiger partial charge in [-0.25, -0.2) is 0 Å². The maximum atomic E-state index is 12.7. The lowest BCUT2D eigenvalue weighted by molar-refractivity contribution is -0.115. The lowest BCUT2D eigenvalue weighted by Gasteiger charge is -2.29. The summed E-state index contributed by atoms with van der Waals surface area (Å²) in [5, 5.41) is 4.58. The minimum Gasteiger partial charge on any atom is -0.497 e. The summed E-state index contributed by atoms with van der Waals surface area (Å²) in [7, 11) is 1.66. The molecule has 4 nitrogen and oxygen atoms in total. The number of rotatable bonds is 2. The van der Waals surface area contributed by atoms with E-state index in [-0.39, 0.29) is 11.7 Å². The molecule has 5 rings (SSSR count). The Hall–Kier alpha value is -3.14. The molecule has 0 spiro atoms. The van der Waals surface area contributed by atoms with Gasteiger partial charge in [0.2, 0.25) is 0 Å². The van der Waals surface area contributed by atoms with Crippen LogP contribution in [0.15, 0.2) is 66.0 Å². The van der Waals surface area contributed by atoms with Crippen LogP contribution in [0.1, 0.15) is 29.9 Å². The summed E-state index contributed by atoms with van der Waals surface area (Å²) in [5.74, 6) is 0.943. The van der Waals surface area contributed by atoms with Gasteiger partial charge in [0, 0.05) is 46.4 Å². The number of benzene rings is 2. The first kappa shape index (κ1) is 15.1. The van der Waals surface area contributed by atoms with Gasteiger partial charge >= 0.3 is 0 Å². The molecule has 0 radical (unpaired) electrons. The Balaban J connectivity index is 1.79. The molecule has 1 atom stereocenters. The molecule has 1 aliphatic heterocycles. The van der Waals surface area contributed by atoms with Crippen LogP contribution in [0.4, 0.5) is 5.69 Å². The van der Waals surface area contributed by atoms with Crippen LogP contribution in [0.2, 0.25) is 0 Å². The minimum absolute atomic E-state index is 0.0965. The van der Waals surface area contributed by atoms with Crippen molar-refractivity contribution >= 4 is 22.4 Å². The van der Waals surface area contributed by atoms with Gasteiger partial charge in [-0.05, 0) is 36.2 Å². The van der Waals surface area contributed by atoms with Gasteiger partial charge in [0.15, 0.2) is 5.78 Å². The number of fused-ring (bicyclic) bond motifs is 3. The highest BCUT2D eigenvalue weighted by Gasteiger charge is 2.37. The van der Waals surface area contributed by atoms with Crippen LogP contribution in [0, 0.1) is 0 Å². The molecule has 0 saturated carbocycles. The zero-order valence-electron chi connectivity index (χ0n) is 14.5. The predicted octanol–water partition coefficient (Wildman–Crippen LogP) is 4.42. The van der Waals surface area contributed by atoms with E-state index in [0.29, 0.717) is 6.42 Å². The van der Waals surface area contributed by atoms with Gasteiger partial charge in [0.05, 0.1) is 12.6 Å². The number of hydrogen-bond donors (Lipinski definition) is 1. The molecule has 0 saturated heterocycles. The normalized spacial score (nSPS) is 18.5. The van der Waals surface area contributed by atoms with Crippen molar-refractivity contribution in [3.8, 4) is 5.75 Å². The maximum Gasteiger partial charge on any atom is 0.161 e. The van der Waals surface area contributed by atoms with Crippen LogP contribution < -0.4 is 10.1 Å². The van der Waals surface area contributed by atoms with Crippen LogP contribution in [-0.2, 0) is 4.79 Å². The summed E-state index contributed by atoms with van der Waals surface area (Å²) in [6.45, 7) is 0. The molecule has 26 heavy (non-hydrogen) atoms. The third-order valence-electron chi connectivity index (χ3n) is 5.35. The molecular formula is C22H18N2O2. The first-order valence-corrected chi connectivity index (χ1v) is 8.81. The molecule has 1 N–H and O–H groups in total. The van der Waals surface area contributed by atoms with Gasteiger partial charge < -0.3 is 10.1 Å². The van der Waals surface area contributed by atoms with E-state index in [1.54, 1.807) is 7.11 Å². The first-order chi connectivity index (χ1) is 12.8. The molecule has 0 amide bonds. The fourth-order valence-corrected chi connectivity index (χ4v) is 4.15. The zero-order valence-corrected chi connectivity index (χ0v) is 14.5. The van der Waals surface area contributed by atoms with Crippen LogP contribution in [-0.4, -0.2) is 17.9 Å². The number of Topliss-reactive ketones (excluding diaryl/α,β-unsaturated/α-hetero) is 1. The number of allylic oxidation sites excluding steroid dienone is 2. The second-order valence-electron chi connectivity index (χ2n) is 6.75. The summed E-state index contributed by atoms with van der Waals surface area (Å²) < 4.78 is 5.30. The lowest BCUT2D eigenvalue weighted by Crippen LogP contribution is -2.20. The predicted molar refractivity (Wildman–Crippen MR) is 101 cm³/mol. The topological polar surface area (TPSA) is 51.2 Å². The van der Waals surface area contributed by atoms with E-state index in [4.69, 9.17) is 4.74 Å². The minimum atomic E-state index is -0.0965. The van der Waals surface area contributed by atoms with Crippen molar-refractivity contribution in [2.45, 2.75) is 18.8 Å². The van der Waals surface area contributed by atoms with Crippen molar-refractivity contribution in [3.05, 3.63) is 77.1 Å². The number of nitrogens with zero attached hydrogens (tertiary/aromatic N) is 1. The van der Waals surface area contributed by atoms with Crippen molar-refractivity contribution < 1.29 is 9.53 Å². The van der Waals surface area contributed by atoms with Gasteiger partial charge in [-0.1, -0.05) is 24.3 Å². The zero-order chi connectivity index (χ0) is 17.7. The van der Waals surface area contributed by atoms with E-state index in [9.17, 15) is 4.79 Å². The number of carbonyl (C=O) groups excluding carboxylic acids is 1. The van der Waals surface area contributed by atoms with Crippen LogP contribution in [0.25, 0.3) is 10.9 Å². The number of hydrogen-bond acceptors (Lipinski definition) is 4. The molecule has 3 aromatic rings.